The minimum atomic E-state index is -0.613. The van der Waals surface area contributed by atoms with Gasteiger partial charge in [-0.2, -0.15) is 0 Å². The summed E-state index contributed by atoms with van der Waals surface area (Å²) in [5.74, 6) is 0. The van der Waals surface area contributed by atoms with Gasteiger partial charge in [-0.3, -0.25) is 6.54 Å². The number of aliphatic hydroxyl groups excluding tert-OH is 2. The lowest BCUT2D eigenvalue weighted by molar-refractivity contribution is 0.0671. The average molecular weight is 159 g/mol. The van der Waals surface area contributed by atoms with Crippen molar-refractivity contribution >= 4 is 0 Å². The number of hydrogen-bond donors (Lipinski definition) is 2. The van der Waals surface area contributed by atoms with Gasteiger partial charge in [0, 0.05) is 6.67 Å². The highest BCUT2D eigenvalue weighted by atomic mass is 16.3. The second-order valence-corrected chi connectivity index (χ2v) is 2.97. The lowest BCUT2D eigenvalue weighted by Gasteiger charge is -2.26. The van der Waals surface area contributed by atoms with Crippen molar-refractivity contribution in [1.82, 2.24) is 9.80 Å². The zero-order valence-electron chi connectivity index (χ0n) is 6.77. The molecule has 0 aromatic heterocycles. The summed E-state index contributed by atoms with van der Waals surface area (Å²) in [6.45, 7) is 4.17. The Labute approximate surface area is 67.0 Å². The van der Waals surface area contributed by atoms with E-state index in [1.807, 2.05) is 18.5 Å². The Balaban J connectivity index is 2.17. The Morgan fingerprint density at radius 1 is 1.64 bits per heavy atom. The number of nitrogens with zero attached hydrogens (tertiary/aromatic N) is 2. The van der Waals surface area contributed by atoms with Crippen LogP contribution in [0.25, 0.3) is 0 Å². The molecular formula is C7H15N2O2-. The molecule has 2 N–H and O–H groups in total. The summed E-state index contributed by atoms with van der Waals surface area (Å²) < 4.78 is 0. The first-order chi connectivity index (χ1) is 5.22. The third-order valence-electron chi connectivity index (χ3n) is 1.73. The van der Waals surface area contributed by atoms with E-state index < -0.39 is 6.10 Å². The molecule has 0 unspecified atom stereocenters. The van der Waals surface area contributed by atoms with Crippen molar-refractivity contribution in [2.75, 3.05) is 33.4 Å². The third kappa shape index (κ3) is 2.75. The van der Waals surface area contributed by atoms with Crippen molar-refractivity contribution in [3.05, 3.63) is 6.54 Å². The Morgan fingerprint density at radius 2 is 2.36 bits per heavy atom. The highest BCUT2D eigenvalue weighted by Gasteiger charge is 2.10. The van der Waals surface area contributed by atoms with E-state index in [9.17, 15) is 0 Å². The molecule has 0 aliphatic carbocycles. The van der Waals surface area contributed by atoms with Crippen LogP contribution < -0.4 is 0 Å². The van der Waals surface area contributed by atoms with Crippen molar-refractivity contribution in [1.29, 1.82) is 0 Å². The van der Waals surface area contributed by atoms with Crippen molar-refractivity contribution < 1.29 is 10.2 Å². The van der Waals surface area contributed by atoms with Crippen molar-refractivity contribution in [2.45, 2.75) is 6.10 Å². The maximum Gasteiger partial charge on any atom is 0.0873 e. The Kier molecular flexibility index (Phi) is 3.26. The van der Waals surface area contributed by atoms with Gasteiger partial charge in [-0.25, -0.2) is 0 Å². The van der Waals surface area contributed by atoms with Crippen LogP contribution in [0, 0.1) is 6.54 Å². The van der Waals surface area contributed by atoms with E-state index in [2.05, 4.69) is 4.90 Å². The molecule has 4 heteroatoms. The minimum Gasteiger partial charge on any atom is -0.441 e. The fraction of sp³-hybridized carbons (Fsp3) is 0.857. The van der Waals surface area contributed by atoms with E-state index >= 15 is 0 Å². The normalized spacial score (nSPS) is 24.3. The number of aliphatic hydroxyl groups is 2. The zero-order valence-corrected chi connectivity index (χ0v) is 6.77. The molecular weight excluding hydrogens is 144 g/mol. The van der Waals surface area contributed by atoms with Gasteiger partial charge in [0.05, 0.1) is 12.7 Å². The zero-order chi connectivity index (χ0) is 8.27. The largest absolute Gasteiger partial charge is 0.441 e. The molecule has 1 aliphatic rings. The highest BCUT2D eigenvalue weighted by molar-refractivity contribution is 4.80. The summed E-state index contributed by atoms with van der Waals surface area (Å²) in [5, 5.41) is 17.6. The molecule has 1 rings (SSSR count). The first-order valence-corrected chi connectivity index (χ1v) is 3.77. The summed E-state index contributed by atoms with van der Waals surface area (Å²) in [4.78, 5) is 4.13. The van der Waals surface area contributed by atoms with Crippen LogP contribution in [0.3, 0.4) is 0 Å². The fourth-order valence-electron chi connectivity index (χ4n) is 1.14. The van der Waals surface area contributed by atoms with E-state index in [0.717, 1.165) is 13.2 Å². The molecule has 0 bridgehead atoms. The van der Waals surface area contributed by atoms with Crippen LogP contribution in [0.2, 0.25) is 0 Å². The van der Waals surface area contributed by atoms with E-state index in [1.54, 1.807) is 0 Å². The van der Waals surface area contributed by atoms with Gasteiger partial charge in [-0.1, -0.05) is 0 Å². The van der Waals surface area contributed by atoms with Crippen molar-refractivity contribution in [2.24, 2.45) is 0 Å². The van der Waals surface area contributed by atoms with Crippen molar-refractivity contribution in [3.8, 4) is 0 Å². The highest BCUT2D eigenvalue weighted by Crippen LogP contribution is 2.06. The van der Waals surface area contributed by atoms with E-state index in [4.69, 9.17) is 10.2 Å². The number of hydrogen-bond acceptors (Lipinski definition) is 4. The predicted molar refractivity (Wildman–Crippen MR) is 41.6 cm³/mol. The molecule has 66 valence electrons. The Bertz CT molecular complexity index is 121. The summed E-state index contributed by atoms with van der Waals surface area (Å²) in [5.41, 5.74) is 0. The van der Waals surface area contributed by atoms with E-state index in [1.165, 1.54) is 0 Å². The summed E-state index contributed by atoms with van der Waals surface area (Å²) >= 11 is 0. The van der Waals surface area contributed by atoms with Crippen LogP contribution in [0.4, 0.5) is 0 Å². The van der Waals surface area contributed by atoms with Crippen molar-refractivity contribution in [3.63, 3.8) is 0 Å². The number of rotatable bonds is 3. The van der Waals surface area contributed by atoms with Gasteiger partial charge in [0.15, 0.2) is 0 Å². The van der Waals surface area contributed by atoms with Gasteiger partial charge in [0.25, 0.3) is 0 Å². The molecule has 0 radical (unpaired) electrons. The Hall–Kier alpha value is -0.160. The Morgan fingerprint density at radius 3 is 2.82 bits per heavy atom. The molecule has 4 nitrogen and oxygen atoms in total. The second kappa shape index (κ2) is 4.01. The quantitative estimate of drug-likeness (QED) is 0.503. The third-order valence-corrected chi connectivity index (χ3v) is 1.73. The lowest BCUT2D eigenvalue weighted by atomic mass is 10.3. The number of β-amino-alcohol motifs (C(OH)–C–C–N with tert-alkyl or cyclic N) is 1. The molecule has 1 heterocycles. The monoisotopic (exact) mass is 159 g/mol. The van der Waals surface area contributed by atoms with Gasteiger partial charge in [-0.15, -0.1) is 6.54 Å². The molecule has 1 saturated heterocycles. The molecule has 0 spiro atoms. The smallest absolute Gasteiger partial charge is 0.0873 e. The fourth-order valence-corrected chi connectivity index (χ4v) is 1.14. The van der Waals surface area contributed by atoms with Crippen LogP contribution in [-0.2, 0) is 0 Å². The molecule has 0 saturated carbocycles. The van der Waals surface area contributed by atoms with Crippen LogP contribution >= 0.6 is 0 Å². The molecule has 1 fully saturated rings. The summed E-state index contributed by atoms with van der Waals surface area (Å²) in [6, 6.07) is 0. The van der Waals surface area contributed by atoms with E-state index in [-0.39, 0.29) is 6.61 Å². The van der Waals surface area contributed by atoms with Gasteiger partial charge < -0.3 is 20.0 Å². The molecule has 0 aromatic rings. The molecule has 0 aromatic carbocycles. The molecule has 11 heavy (non-hydrogen) atoms. The number of likely N-dealkylation sites (N-methyl/N-ethyl adjacent to an activating group) is 1. The van der Waals surface area contributed by atoms with Crippen LogP contribution in [-0.4, -0.2) is 59.5 Å². The molecule has 1 aliphatic heterocycles. The standard InChI is InChI=1S/C7H15N2O2/c1-8-2-3-9(6-8)4-7(11)5-10/h3,7,10-11H,2,4-6H2,1H3/q-1/t7-/m0/s1. The first-order valence-electron chi connectivity index (χ1n) is 3.77. The predicted octanol–water partition coefficient (Wildman–Crippen LogP) is -1.29. The van der Waals surface area contributed by atoms with Crippen LogP contribution in [0.5, 0.6) is 0 Å². The minimum absolute atomic E-state index is 0.159. The summed E-state index contributed by atoms with van der Waals surface area (Å²) in [6.07, 6.45) is -0.613. The second-order valence-electron chi connectivity index (χ2n) is 2.97. The van der Waals surface area contributed by atoms with Gasteiger partial charge in [0.2, 0.25) is 0 Å². The van der Waals surface area contributed by atoms with Crippen LogP contribution in [0.15, 0.2) is 0 Å². The maximum absolute atomic E-state index is 9.07. The maximum atomic E-state index is 9.07. The first kappa shape index (κ1) is 8.93. The van der Waals surface area contributed by atoms with E-state index in [0.29, 0.717) is 6.54 Å². The SMILES string of the molecule is CN1C[CH-]N(C[C@H](O)CO)C1. The van der Waals surface area contributed by atoms with Crippen LogP contribution in [0.1, 0.15) is 0 Å². The lowest BCUT2D eigenvalue weighted by Crippen LogP contribution is -2.32. The van der Waals surface area contributed by atoms with Gasteiger partial charge in [0.1, 0.15) is 0 Å². The molecule has 0 amide bonds. The van der Waals surface area contributed by atoms with Gasteiger partial charge >= 0.3 is 0 Å². The average Bonchev–Trinajstić information content (AvgIpc) is 2.35. The molecule has 1 atom stereocenters. The van der Waals surface area contributed by atoms with Gasteiger partial charge in [-0.05, 0) is 13.6 Å². The topological polar surface area (TPSA) is 46.9 Å². The summed E-state index contributed by atoms with van der Waals surface area (Å²) in [7, 11) is 2.02.